The highest BCUT2D eigenvalue weighted by atomic mass is 16.5. The van der Waals surface area contributed by atoms with Gasteiger partial charge in [0.2, 0.25) is 0 Å². The van der Waals surface area contributed by atoms with Crippen molar-refractivity contribution in [1.82, 2.24) is 14.8 Å². The second-order valence-electron chi connectivity index (χ2n) is 7.98. The molecule has 180 valence electrons. The summed E-state index contributed by atoms with van der Waals surface area (Å²) in [6.07, 6.45) is 4.63. The molecule has 0 spiro atoms. The fraction of sp³-hybridized carbons (Fsp3) is 0.222. The minimum atomic E-state index is -0.638. The molecule has 8 nitrogen and oxygen atoms in total. The molecule has 0 unspecified atom stereocenters. The number of fused-ring (bicyclic) bond motifs is 1. The zero-order chi connectivity index (χ0) is 24.9. The molecule has 2 heterocycles. The molecule has 1 aromatic heterocycles. The van der Waals surface area contributed by atoms with Crippen molar-refractivity contribution in [3.63, 3.8) is 0 Å². The largest absolute Gasteiger partial charge is 0.496 e. The molecule has 2 aromatic carbocycles. The lowest BCUT2D eigenvalue weighted by molar-refractivity contribution is -0.127. The highest BCUT2D eigenvalue weighted by Crippen LogP contribution is 2.35. The third-order valence-corrected chi connectivity index (χ3v) is 6.07. The van der Waals surface area contributed by atoms with Crippen LogP contribution in [0.25, 0.3) is 16.7 Å². The number of hydrogen-bond donors (Lipinski definition) is 1. The molecule has 0 radical (unpaired) electrons. The number of aromatic amines is 1. The van der Waals surface area contributed by atoms with E-state index in [0.29, 0.717) is 46.6 Å². The Labute approximate surface area is 203 Å². The molecule has 0 bridgehead atoms. The summed E-state index contributed by atoms with van der Waals surface area (Å²) in [4.78, 5) is 45.4. The first-order chi connectivity index (χ1) is 17.0. The number of H-pyrrole nitrogens is 1. The van der Waals surface area contributed by atoms with Gasteiger partial charge in [-0.05, 0) is 37.3 Å². The van der Waals surface area contributed by atoms with Crippen molar-refractivity contribution in [3.05, 3.63) is 84.3 Å². The monoisotopic (exact) mass is 473 g/mol. The zero-order valence-electron chi connectivity index (χ0n) is 19.7. The number of ether oxygens (including phenoxy) is 2. The summed E-state index contributed by atoms with van der Waals surface area (Å²) in [6.45, 7) is 6.71. The van der Waals surface area contributed by atoms with Gasteiger partial charge in [-0.1, -0.05) is 24.8 Å². The number of Topliss-reactive ketones (excluding diaryl/α,β-unsaturated/α-hetero) is 1. The molecule has 4 rings (SSSR count). The Morgan fingerprint density at radius 3 is 2.29 bits per heavy atom. The van der Waals surface area contributed by atoms with Crippen molar-refractivity contribution in [3.8, 4) is 5.75 Å². The molecular weight excluding hydrogens is 446 g/mol. The Morgan fingerprint density at radius 2 is 1.66 bits per heavy atom. The number of nitrogens with zero attached hydrogens (tertiary/aromatic N) is 2. The Bertz CT molecular complexity index is 1300. The number of methoxy groups -OCH3 is 1. The van der Waals surface area contributed by atoms with Crippen LogP contribution in [0.15, 0.2) is 67.6 Å². The van der Waals surface area contributed by atoms with Gasteiger partial charge in [0.05, 0.1) is 29.8 Å². The topological polar surface area (TPSA) is 91.9 Å². The molecule has 2 amide bonds. The van der Waals surface area contributed by atoms with E-state index in [1.54, 1.807) is 29.2 Å². The van der Waals surface area contributed by atoms with Crippen LogP contribution in [0.4, 0.5) is 0 Å². The standard InChI is InChI=1S/C27H27N3O5/c1-4-21(35-5-2)19-11-12-22(34-3)23-20(17-28-24(19)23)25(31)27(33)30-15-13-29(14-16-30)26(32)18-9-7-6-8-10-18/h4-12,17,28H,2,13-16H2,1,3H3/b21-4-. The lowest BCUT2D eigenvalue weighted by atomic mass is 10.0. The molecule has 1 fully saturated rings. The van der Waals surface area contributed by atoms with Gasteiger partial charge in [-0.15, -0.1) is 0 Å². The van der Waals surface area contributed by atoms with Crippen molar-refractivity contribution >= 4 is 34.3 Å². The van der Waals surface area contributed by atoms with Crippen LogP contribution >= 0.6 is 0 Å². The molecule has 1 aliphatic rings. The van der Waals surface area contributed by atoms with E-state index in [4.69, 9.17) is 9.47 Å². The summed E-state index contributed by atoms with van der Waals surface area (Å²) in [5.74, 6) is -0.313. The van der Waals surface area contributed by atoms with Crippen LogP contribution < -0.4 is 4.74 Å². The van der Waals surface area contributed by atoms with Crippen molar-refractivity contribution in [2.24, 2.45) is 0 Å². The van der Waals surface area contributed by atoms with Gasteiger partial charge >= 0.3 is 0 Å². The average molecular weight is 474 g/mol. The Balaban J connectivity index is 1.55. The van der Waals surface area contributed by atoms with Gasteiger partial charge < -0.3 is 24.3 Å². The first-order valence-electron chi connectivity index (χ1n) is 11.3. The molecule has 1 saturated heterocycles. The quantitative estimate of drug-likeness (QED) is 0.320. The third-order valence-electron chi connectivity index (χ3n) is 6.07. The minimum absolute atomic E-state index is 0.0838. The smallest absolute Gasteiger partial charge is 0.295 e. The maximum atomic E-state index is 13.3. The number of carbonyl (C=O) groups is 3. The lowest BCUT2D eigenvalue weighted by Crippen LogP contribution is -2.52. The average Bonchev–Trinajstić information content (AvgIpc) is 3.36. The summed E-state index contributed by atoms with van der Waals surface area (Å²) >= 11 is 0. The van der Waals surface area contributed by atoms with Crippen molar-refractivity contribution < 1.29 is 23.9 Å². The number of nitrogens with one attached hydrogen (secondary N) is 1. The number of aromatic nitrogens is 1. The van der Waals surface area contributed by atoms with Crippen LogP contribution in [0.3, 0.4) is 0 Å². The van der Waals surface area contributed by atoms with Crippen LogP contribution in [0.1, 0.15) is 33.2 Å². The van der Waals surface area contributed by atoms with Gasteiger partial charge in [0.1, 0.15) is 11.5 Å². The number of rotatable bonds is 7. The van der Waals surface area contributed by atoms with E-state index in [-0.39, 0.29) is 24.6 Å². The molecule has 3 aromatic rings. The molecule has 1 aliphatic heterocycles. The van der Waals surface area contributed by atoms with E-state index < -0.39 is 11.7 Å². The number of ketones is 1. The van der Waals surface area contributed by atoms with Gasteiger partial charge in [0.15, 0.2) is 0 Å². The van der Waals surface area contributed by atoms with Gasteiger partial charge in [-0.25, -0.2) is 0 Å². The Kier molecular flexibility index (Phi) is 7.01. The first-order valence-corrected chi connectivity index (χ1v) is 11.3. The number of allylic oxidation sites excluding steroid dienone is 1. The number of carbonyl (C=O) groups excluding carboxylic acids is 3. The molecule has 1 N–H and O–H groups in total. The third kappa shape index (κ3) is 4.55. The zero-order valence-corrected chi connectivity index (χ0v) is 19.7. The van der Waals surface area contributed by atoms with E-state index >= 15 is 0 Å². The second kappa shape index (κ2) is 10.3. The summed E-state index contributed by atoms with van der Waals surface area (Å²) in [5.41, 5.74) is 2.16. The molecule has 0 atom stereocenters. The maximum Gasteiger partial charge on any atom is 0.295 e. The summed E-state index contributed by atoms with van der Waals surface area (Å²) in [6, 6.07) is 12.6. The minimum Gasteiger partial charge on any atom is -0.496 e. The second-order valence-corrected chi connectivity index (χ2v) is 7.98. The van der Waals surface area contributed by atoms with Crippen LogP contribution in [0.5, 0.6) is 5.75 Å². The molecule has 35 heavy (non-hydrogen) atoms. The first kappa shape index (κ1) is 23.8. The Morgan fingerprint density at radius 1 is 0.971 bits per heavy atom. The predicted molar refractivity (Wildman–Crippen MR) is 133 cm³/mol. The van der Waals surface area contributed by atoms with Crippen LogP contribution in [0.2, 0.25) is 0 Å². The van der Waals surface area contributed by atoms with Gasteiger partial charge in [-0.2, -0.15) is 0 Å². The number of piperazine rings is 1. The number of amides is 2. The van der Waals surface area contributed by atoms with Crippen LogP contribution in [-0.2, 0) is 9.53 Å². The number of benzene rings is 2. The summed E-state index contributed by atoms with van der Waals surface area (Å²) in [5, 5.41) is 0.508. The maximum absolute atomic E-state index is 13.3. The van der Waals surface area contributed by atoms with Crippen molar-refractivity contribution in [1.29, 1.82) is 0 Å². The van der Waals surface area contributed by atoms with Crippen LogP contribution in [-0.4, -0.2) is 65.7 Å². The fourth-order valence-electron chi connectivity index (χ4n) is 4.28. The highest BCUT2D eigenvalue weighted by molar-refractivity contribution is 6.45. The SMILES string of the molecule is C=CO/C(=C\C)c1ccc(OC)c2c(C(=O)C(=O)N3CCN(C(=O)c4ccccc4)CC3)c[nH]c12. The van der Waals surface area contributed by atoms with E-state index in [0.717, 1.165) is 0 Å². The van der Waals surface area contributed by atoms with Crippen LogP contribution in [0, 0.1) is 0 Å². The van der Waals surface area contributed by atoms with Gasteiger partial charge in [0.25, 0.3) is 17.6 Å². The van der Waals surface area contributed by atoms with E-state index in [1.807, 2.05) is 31.2 Å². The van der Waals surface area contributed by atoms with Gasteiger partial charge in [0, 0.05) is 43.5 Å². The summed E-state index contributed by atoms with van der Waals surface area (Å²) < 4.78 is 11.0. The predicted octanol–water partition coefficient (Wildman–Crippen LogP) is 3.86. The molecule has 8 heteroatoms. The Hall–Kier alpha value is -4.33. The van der Waals surface area contributed by atoms with Gasteiger partial charge in [-0.3, -0.25) is 14.4 Å². The molecular formula is C27H27N3O5. The van der Waals surface area contributed by atoms with E-state index in [2.05, 4.69) is 11.6 Å². The van der Waals surface area contributed by atoms with Crippen molar-refractivity contribution in [2.75, 3.05) is 33.3 Å². The normalized spacial score (nSPS) is 14.1. The number of hydrogen-bond acceptors (Lipinski definition) is 5. The van der Waals surface area contributed by atoms with Crippen molar-refractivity contribution in [2.45, 2.75) is 6.92 Å². The fourth-order valence-corrected chi connectivity index (χ4v) is 4.28. The highest BCUT2D eigenvalue weighted by Gasteiger charge is 2.31. The molecule has 0 saturated carbocycles. The van der Waals surface area contributed by atoms with E-state index in [1.165, 1.54) is 24.5 Å². The summed E-state index contributed by atoms with van der Waals surface area (Å²) in [7, 11) is 1.51. The van der Waals surface area contributed by atoms with E-state index in [9.17, 15) is 14.4 Å². The lowest BCUT2D eigenvalue weighted by Gasteiger charge is -2.34. The molecule has 0 aliphatic carbocycles.